The molecule has 1 fully saturated rings. The quantitative estimate of drug-likeness (QED) is 0.498. The zero-order chi connectivity index (χ0) is 20.1. The highest BCUT2D eigenvalue weighted by atomic mass is 19.1. The molecule has 154 valence electrons. The van der Waals surface area contributed by atoms with Crippen molar-refractivity contribution in [3.05, 3.63) is 59.4 Å². The molecule has 2 aliphatic rings. The monoisotopic (exact) mass is 393 g/mol. The van der Waals surface area contributed by atoms with Crippen molar-refractivity contribution >= 4 is 11.4 Å². The van der Waals surface area contributed by atoms with E-state index in [1.165, 1.54) is 55.4 Å². The van der Waals surface area contributed by atoms with E-state index in [2.05, 4.69) is 24.3 Å². The van der Waals surface area contributed by atoms with Crippen molar-refractivity contribution in [1.29, 1.82) is 0 Å². The number of benzene rings is 2. The minimum atomic E-state index is -0.175. The summed E-state index contributed by atoms with van der Waals surface area (Å²) >= 11 is 0. The summed E-state index contributed by atoms with van der Waals surface area (Å²) in [6, 6.07) is 13.6. The van der Waals surface area contributed by atoms with Gasteiger partial charge >= 0.3 is 0 Å². The van der Waals surface area contributed by atoms with Crippen LogP contribution in [0.3, 0.4) is 0 Å². The van der Waals surface area contributed by atoms with E-state index in [1.807, 2.05) is 6.07 Å². The van der Waals surface area contributed by atoms with Crippen molar-refractivity contribution in [3.63, 3.8) is 0 Å². The maximum absolute atomic E-state index is 13.8. The molecular weight excluding hydrogens is 361 g/mol. The van der Waals surface area contributed by atoms with Crippen LogP contribution in [0.2, 0.25) is 0 Å². The third kappa shape index (κ3) is 5.07. The number of aryl methyl sites for hydroxylation is 2. The van der Waals surface area contributed by atoms with Gasteiger partial charge in [0, 0.05) is 11.6 Å². The van der Waals surface area contributed by atoms with E-state index >= 15 is 0 Å². The number of hydrogen-bond donors (Lipinski definition) is 0. The molecule has 0 aromatic heterocycles. The molecule has 0 radical (unpaired) electrons. The van der Waals surface area contributed by atoms with Crippen LogP contribution in [-0.2, 0) is 12.8 Å². The molecule has 2 nitrogen and oxygen atoms in total. The SMILES string of the molecule is COc1ccc(CCC2CCCCCC2C2=Nc3cc(F)ccc3CCC2)cc1. The molecule has 2 aromatic rings. The number of ether oxygens (including phenoxy) is 1. The molecule has 2 aromatic carbocycles. The maximum Gasteiger partial charge on any atom is 0.125 e. The van der Waals surface area contributed by atoms with Crippen LogP contribution in [-0.4, -0.2) is 12.8 Å². The molecule has 1 aliphatic carbocycles. The van der Waals surface area contributed by atoms with Gasteiger partial charge in [-0.1, -0.05) is 37.5 Å². The molecule has 2 unspecified atom stereocenters. The van der Waals surface area contributed by atoms with E-state index in [0.29, 0.717) is 11.8 Å². The molecule has 1 saturated carbocycles. The van der Waals surface area contributed by atoms with Crippen LogP contribution in [0.25, 0.3) is 0 Å². The lowest BCUT2D eigenvalue weighted by molar-refractivity contribution is 0.364. The van der Waals surface area contributed by atoms with Crippen LogP contribution in [0, 0.1) is 17.7 Å². The Bertz CT molecular complexity index is 842. The van der Waals surface area contributed by atoms with Crippen molar-refractivity contribution in [2.45, 2.75) is 64.2 Å². The average Bonchev–Trinajstić information content (AvgIpc) is 3.10. The topological polar surface area (TPSA) is 21.6 Å². The van der Waals surface area contributed by atoms with Gasteiger partial charge < -0.3 is 4.74 Å². The number of nitrogens with zero attached hydrogens (tertiary/aromatic N) is 1. The zero-order valence-corrected chi connectivity index (χ0v) is 17.5. The number of aliphatic imine (C=N–C) groups is 1. The summed E-state index contributed by atoms with van der Waals surface area (Å²) in [5.74, 6) is 1.96. The molecule has 0 bridgehead atoms. The zero-order valence-electron chi connectivity index (χ0n) is 17.5. The van der Waals surface area contributed by atoms with Crippen LogP contribution in [0.4, 0.5) is 10.1 Å². The summed E-state index contributed by atoms with van der Waals surface area (Å²) in [5.41, 5.74) is 4.78. The third-order valence-electron chi connectivity index (χ3n) is 6.74. The second-order valence-corrected chi connectivity index (χ2v) is 8.62. The largest absolute Gasteiger partial charge is 0.497 e. The first-order valence-electron chi connectivity index (χ1n) is 11.2. The van der Waals surface area contributed by atoms with Gasteiger partial charge in [-0.25, -0.2) is 4.39 Å². The fourth-order valence-corrected chi connectivity index (χ4v) is 5.10. The smallest absolute Gasteiger partial charge is 0.125 e. The van der Waals surface area contributed by atoms with Crippen LogP contribution in [0.15, 0.2) is 47.5 Å². The summed E-state index contributed by atoms with van der Waals surface area (Å²) in [5, 5.41) is 0. The number of hydrogen-bond acceptors (Lipinski definition) is 2. The molecular formula is C26H32FNO. The van der Waals surface area contributed by atoms with Gasteiger partial charge in [0.2, 0.25) is 0 Å². The summed E-state index contributed by atoms with van der Waals surface area (Å²) in [4.78, 5) is 5.05. The fraction of sp³-hybridized carbons (Fsp3) is 0.500. The summed E-state index contributed by atoms with van der Waals surface area (Å²) in [6.45, 7) is 0. The van der Waals surface area contributed by atoms with E-state index in [1.54, 1.807) is 19.2 Å². The van der Waals surface area contributed by atoms with Crippen molar-refractivity contribution in [2.24, 2.45) is 16.8 Å². The van der Waals surface area contributed by atoms with Gasteiger partial charge in [0.25, 0.3) is 0 Å². The molecule has 3 heteroatoms. The average molecular weight is 394 g/mol. The van der Waals surface area contributed by atoms with Crippen molar-refractivity contribution in [3.8, 4) is 5.75 Å². The van der Waals surface area contributed by atoms with Crippen LogP contribution in [0.5, 0.6) is 5.75 Å². The van der Waals surface area contributed by atoms with Gasteiger partial charge in [0.05, 0.1) is 12.8 Å². The lowest BCUT2D eigenvalue weighted by Gasteiger charge is -2.27. The number of fused-ring (bicyclic) bond motifs is 1. The molecule has 4 rings (SSSR count). The Morgan fingerprint density at radius 3 is 2.62 bits per heavy atom. The van der Waals surface area contributed by atoms with E-state index in [9.17, 15) is 4.39 Å². The first-order valence-corrected chi connectivity index (χ1v) is 11.2. The highest BCUT2D eigenvalue weighted by molar-refractivity contribution is 5.90. The second kappa shape index (κ2) is 9.56. The molecule has 1 heterocycles. The lowest BCUT2D eigenvalue weighted by atomic mass is 9.79. The third-order valence-corrected chi connectivity index (χ3v) is 6.74. The number of rotatable bonds is 5. The van der Waals surface area contributed by atoms with Crippen molar-refractivity contribution in [1.82, 2.24) is 0 Å². The molecule has 1 aliphatic heterocycles. The Morgan fingerprint density at radius 1 is 0.966 bits per heavy atom. The Kier molecular flexibility index (Phi) is 6.63. The van der Waals surface area contributed by atoms with Crippen LogP contribution < -0.4 is 4.74 Å². The Morgan fingerprint density at radius 2 is 1.79 bits per heavy atom. The van der Waals surface area contributed by atoms with Crippen molar-refractivity contribution in [2.75, 3.05) is 7.11 Å². The van der Waals surface area contributed by atoms with Crippen molar-refractivity contribution < 1.29 is 9.13 Å². The summed E-state index contributed by atoms with van der Waals surface area (Å²) in [6.07, 6.45) is 11.9. The fourth-order valence-electron chi connectivity index (χ4n) is 5.10. The summed E-state index contributed by atoms with van der Waals surface area (Å²) in [7, 11) is 1.71. The first kappa shape index (κ1) is 20.1. The first-order chi connectivity index (χ1) is 14.2. The number of methoxy groups -OCH3 is 1. The molecule has 0 saturated heterocycles. The minimum absolute atomic E-state index is 0.175. The molecule has 29 heavy (non-hydrogen) atoms. The molecule has 0 spiro atoms. The Hall–Kier alpha value is -2.16. The lowest BCUT2D eigenvalue weighted by Crippen LogP contribution is -2.23. The van der Waals surface area contributed by atoms with Gasteiger partial charge in [-0.15, -0.1) is 0 Å². The van der Waals surface area contributed by atoms with Gasteiger partial charge in [0.15, 0.2) is 0 Å². The normalized spacial score (nSPS) is 22.2. The number of halogens is 1. The molecule has 0 amide bonds. The van der Waals surface area contributed by atoms with Gasteiger partial charge in [-0.05, 0) is 86.3 Å². The predicted molar refractivity (Wildman–Crippen MR) is 118 cm³/mol. The Labute approximate surface area is 174 Å². The standard InChI is InChI=1S/C26H32FNO/c1-29-23-16-11-19(12-17-23)10-13-20-6-3-2-4-8-24(20)25-9-5-7-21-14-15-22(27)18-26(21)28-25/h11-12,14-18,20,24H,2-10,13H2,1H3. The minimum Gasteiger partial charge on any atom is -0.497 e. The van der Waals surface area contributed by atoms with E-state index in [0.717, 1.165) is 37.1 Å². The van der Waals surface area contributed by atoms with E-state index in [-0.39, 0.29) is 5.82 Å². The highest BCUT2D eigenvalue weighted by Gasteiger charge is 2.28. The van der Waals surface area contributed by atoms with Crippen LogP contribution in [0.1, 0.15) is 62.5 Å². The van der Waals surface area contributed by atoms with E-state index in [4.69, 9.17) is 9.73 Å². The Balaban J connectivity index is 1.52. The molecule has 2 atom stereocenters. The van der Waals surface area contributed by atoms with Gasteiger partial charge in [-0.2, -0.15) is 0 Å². The van der Waals surface area contributed by atoms with Gasteiger partial charge in [-0.3, -0.25) is 4.99 Å². The van der Waals surface area contributed by atoms with E-state index < -0.39 is 0 Å². The second-order valence-electron chi connectivity index (χ2n) is 8.62. The van der Waals surface area contributed by atoms with Crippen LogP contribution >= 0.6 is 0 Å². The summed E-state index contributed by atoms with van der Waals surface area (Å²) < 4.78 is 19.1. The predicted octanol–water partition coefficient (Wildman–Crippen LogP) is 7.07. The molecule has 0 N–H and O–H groups in total. The highest BCUT2D eigenvalue weighted by Crippen LogP contribution is 2.37. The van der Waals surface area contributed by atoms with Gasteiger partial charge in [0.1, 0.15) is 11.6 Å². The maximum atomic E-state index is 13.8.